The molecule has 0 fully saturated rings. The number of hydrogen-bond acceptors (Lipinski definition) is 1. The highest BCUT2D eigenvalue weighted by atomic mass is 32.3. The molecule has 0 spiro atoms. The number of aromatic nitrogens is 1. The van der Waals surface area contributed by atoms with Crippen molar-refractivity contribution in [2.24, 2.45) is 0 Å². The lowest BCUT2D eigenvalue weighted by Crippen LogP contribution is -2.32. The molecule has 6 radical (unpaired) electrons. The minimum Gasteiger partial charge on any atom is -0.256 e. The maximum absolute atomic E-state index is 6.33. The Bertz CT molecular complexity index is 665. The number of hydrogen-bond donors (Lipinski definition) is 0. The van der Waals surface area contributed by atoms with Gasteiger partial charge in [-0.15, -0.1) is 0 Å². The second kappa shape index (κ2) is 6.09. The van der Waals surface area contributed by atoms with Crippen LogP contribution in [-0.4, -0.2) is 47.3 Å². The quantitative estimate of drug-likeness (QED) is 0.789. The highest BCUT2D eigenvalue weighted by Gasteiger charge is 2.29. The van der Waals surface area contributed by atoms with Crippen LogP contribution in [0, 0.1) is 0 Å². The molecule has 0 N–H and O–H groups in total. The molecule has 1 aromatic heterocycles. The Kier molecular flexibility index (Phi) is 4.83. The maximum atomic E-state index is 6.33. The van der Waals surface area contributed by atoms with Gasteiger partial charge in [0.05, 0.1) is 29.2 Å². The first-order chi connectivity index (χ1) is 10.4. The average Bonchev–Trinajstić information content (AvgIpc) is 2.45. The first kappa shape index (κ1) is 18.3. The molecule has 0 aliphatic heterocycles. The van der Waals surface area contributed by atoms with Crippen molar-refractivity contribution >= 4 is 33.6 Å². The Morgan fingerprint density at radius 3 is 1.74 bits per heavy atom. The fourth-order valence-corrected chi connectivity index (χ4v) is 3.05. The summed E-state index contributed by atoms with van der Waals surface area (Å²) in [5.41, 5.74) is 3.91. The summed E-state index contributed by atoms with van der Waals surface area (Å²) >= 11 is 0. The van der Waals surface area contributed by atoms with E-state index in [0.717, 1.165) is 22.4 Å². The third-order valence-electron chi connectivity index (χ3n) is 4.15. The van der Waals surface area contributed by atoms with Crippen LogP contribution in [0.3, 0.4) is 0 Å². The molecule has 1 heterocycles. The molecule has 23 heavy (non-hydrogen) atoms. The number of nitrogens with zero attached hydrogens (tertiary/aromatic N) is 1. The van der Waals surface area contributed by atoms with Gasteiger partial charge in [0.15, 0.2) is 0 Å². The smallest absolute Gasteiger partial charge is 0.0805 e. The average molecular weight is 317 g/mol. The van der Waals surface area contributed by atoms with Crippen LogP contribution in [0.4, 0.5) is 0 Å². The van der Waals surface area contributed by atoms with Gasteiger partial charge in [0.25, 0.3) is 0 Å². The molecule has 2 aromatic rings. The van der Waals surface area contributed by atoms with Gasteiger partial charge in [0.1, 0.15) is 0 Å². The lowest BCUT2D eigenvalue weighted by molar-refractivity contribution is 0.764. The Balaban J connectivity index is 2.30. The normalized spacial score (nSPS) is 13.8. The Morgan fingerprint density at radius 2 is 1.35 bits per heavy atom. The Hall–Kier alpha value is -1.09. The van der Waals surface area contributed by atoms with Crippen LogP contribution in [0.25, 0.3) is 11.3 Å². The highest BCUT2D eigenvalue weighted by molar-refractivity contribution is 8.34. The van der Waals surface area contributed by atoms with Crippen LogP contribution in [0.1, 0.15) is 25.0 Å². The van der Waals surface area contributed by atoms with Crippen LogP contribution < -0.4 is 0 Å². The number of pyridine rings is 1. The van der Waals surface area contributed by atoms with Gasteiger partial charge in [-0.1, -0.05) is 49.7 Å². The van der Waals surface area contributed by atoms with Crippen molar-refractivity contribution < 1.29 is 0 Å². The lowest BCUT2D eigenvalue weighted by atomic mass is 9.65. The van der Waals surface area contributed by atoms with Gasteiger partial charge in [0.2, 0.25) is 0 Å². The second-order valence-corrected chi connectivity index (χ2v) is 11.7. The highest BCUT2D eigenvalue weighted by Crippen LogP contribution is 2.52. The van der Waals surface area contributed by atoms with Gasteiger partial charge in [-0.2, -0.15) is 0 Å². The summed E-state index contributed by atoms with van der Waals surface area (Å²) in [6.07, 6.45) is 8.10. The molecule has 114 valence electrons. The minimum absolute atomic E-state index is 0.343. The summed E-state index contributed by atoms with van der Waals surface area (Å²) in [5.74, 6) is 0. The molecule has 0 saturated heterocycles. The molecule has 0 unspecified atom stereocenters. The van der Waals surface area contributed by atoms with Crippen molar-refractivity contribution in [2.75, 3.05) is 18.8 Å². The second-order valence-electron chi connectivity index (χ2n) is 7.36. The molecule has 0 bridgehead atoms. The van der Waals surface area contributed by atoms with E-state index in [1.165, 1.54) is 0 Å². The zero-order valence-electron chi connectivity index (χ0n) is 14.6. The van der Waals surface area contributed by atoms with E-state index in [9.17, 15) is 0 Å². The van der Waals surface area contributed by atoms with Crippen molar-refractivity contribution in [3.8, 4) is 11.3 Å². The third kappa shape index (κ3) is 3.88. The van der Waals surface area contributed by atoms with Crippen LogP contribution in [0.5, 0.6) is 0 Å². The monoisotopic (exact) mass is 317 g/mol. The minimum atomic E-state index is -1.15. The van der Waals surface area contributed by atoms with Crippen molar-refractivity contribution in [1.29, 1.82) is 0 Å². The van der Waals surface area contributed by atoms with Gasteiger partial charge in [-0.25, -0.2) is 0 Å². The predicted molar refractivity (Wildman–Crippen MR) is 107 cm³/mol. The molecule has 0 aliphatic carbocycles. The molecule has 0 amide bonds. The third-order valence-corrected chi connectivity index (χ3v) is 6.41. The van der Waals surface area contributed by atoms with E-state index in [0.29, 0.717) is 0 Å². The van der Waals surface area contributed by atoms with E-state index in [1.807, 2.05) is 50.2 Å². The van der Waals surface area contributed by atoms with Gasteiger partial charge in [-0.05, 0) is 40.3 Å². The van der Waals surface area contributed by atoms with Crippen molar-refractivity contribution in [3.63, 3.8) is 0 Å². The van der Waals surface area contributed by atoms with Crippen LogP contribution in [-0.2, 0) is 9.86 Å². The van der Waals surface area contributed by atoms with Gasteiger partial charge in [0, 0.05) is 11.8 Å². The summed E-state index contributed by atoms with van der Waals surface area (Å²) in [5, 5.41) is -0.343. The predicted octanol–water partition coefficient (Wildman–Crippen LogP) is 3.29. The fourth-order valence-electron chi connectivity index (χ4n) is 2.22. The van der Waals surface area contributed by atoms with Gasteiger partial charge < -0.3 is 0 Å². The summed E-state index contributed by atoms with van der Waals surface area (Å²) < 4.78 is -0.841. The maximum Gasteiger partial charge on any atom is 0.0805 e. The van der Waals surface area contributed by atoms with Crippen molar-refractivity contribution in [2.45, 2.75) is 23.7 Å². The van der Waals surface area contributed by atoms with Gasteiger partial charge >= 0.3 is 0 Å². The zero-order chi connectivity index (χ0) is 17.5. The molecule has 1 aromatic carbocycles. The van der Waals surface area contributed by atoms with Crippen LogP contribution in [0.15, 0.2) is 42.6 Å². The zero-order valence-corrected chi connectivity index (χ0v) is 15.4. The Labute approximate surface area is 146 Å². The standard InChI is InChI=1S/C18H22B3NS/c1-17(2,19)14-8-6-13(7-9-14)16-11-10-15(12-22-16)18(20,21)23(3,4)5/h6-12H,1-5H3. The molecule has 1 nitrogen and oxygen atoms in total. The molecular weight excluding hydrogens is 295 g/mol. The van der Waals surface area contributed by atoms with E-state index in [4.69, 9.17) is 23.5 Å². The topological polar surface area (TPSA) is 12.9 Å². The SMILES string of the molecule is [B]C(C)(C)c1ccc(-c2ccc(C([B])([B])S(C)(C)C)cn2)cc1. The first-order valence-corrected chi connectivity index (χ1v) is 10.4. The summed E-state index contributed by atoms with van der Waals surface area (Å²) in [7, 11) is 17.6. The molecule has 5 heteroatoms. The van der Waals surface area contributed by atoms with E-state index in [-0.39, 0.29) is 5.31 Å². The molecule has 0 aliphatic rings. The molecule has 0 saturated carbocycles. The van der Waals surface area contributed by atoms with E-state index in [2.05, 4.69) is 23.8 Å². The van der Waals surface area contributed by atoms with Gasteiger partial charge in [-0.3, -0.25) is 15.0 Å². The fraction of sp³-hybridized carbons (Fsp3) is 0.389. The first-order valence-electron chi connectivity index (χ1n) is 7.55. The van der Waals surface area contributed by atoms with Crippen LogP contribution in [0.2, 0.25) is 0 Å². The molecule has 0 atom stereocenters. The lowest BCUT2D eigenvalue weighted by Gasteiger charge is -2.45. The molecule has 2 rings (SSSR count). The van der Waals surface area contributed by atoms with Crippen molar-refractivity contribution in [1.82, 2.24) is 4.98 Å². The molecular formula is C18H22B3NS. The Morgan fingerprint density at radius 1 is 0.826 bits per heavy atom. The van der Waals surface area contributed by atoms with Crippen molar-refractivity contribution in [3.05, 3.63) is 53.7 Å². The number of rotatable bonds is 4. The summed E-state index contributed by atoms with van der Waals surface area (Å²) in [4.78, 5) is 4.54. The summed E-state index contributed by atoms with van der Waals surface area (Å²) in [6.45, 7) is 3.98. The van der Waals surface area contributed by atoms with E-state index >= 15 is 0 Å². The largest absolute Gasteiger partial charge is 0.256 e. The summed E-state index contributed by atoms with van der Waals surface area (Å²) in [6, 6.07) is 12.1. The number of benzene rings is 1. The van der Waals surface area contributed by atoms with E-state index in [1.54, 1.807) is 6.20 Å². The van der Waals surface area contributed by atoms with Crippen LogP contribution >= 0.6 is 10.0 Å². The van der Waals surface area contributed by atoms with E-state index < -0.39 is 14.6 Å².